The fourth-order valence-corrected chi connectivity index (χ4v) is 5.09. The van der Waals surface area contributed by atoms with Crippen LogP contribution in [0, 0.1) is 11.6 Å². The molecule has 1 N–H and O–H groups in total. The molecule has 6 nitrogen and oxygen atoms in total. The predicted octanol–water partition coefficient (Wildman–Crippen LogP) is 3.06. The van der Waals surface area contributed by atoms with Gasteiger partial charge in [0.25, 0.3) is 0 Å². The number of nitrogens with one attached hydrogen (secondary N) is 1. The van der Waals surface area contributed by atoms with Crippen LogP contribution in [0.2, 0.25) is 0 Å². The second-order valence-electron chi connectivity index (χ2n) is 7.40. The maximum absolute atomic E-state index is 13.3. The molecule has 0 radical (unpaired) electrons. The summed E-state index contributed by atoms with van der Waals surface area (Å²) >= 11 is 0. The van der Waals surface area contributed by atoms with Gasteiger partial charge in [0.15, 0.2) is 0 Å². The lowest BCUT2D eigenvalue weighted by molar-refractivity contribution is -0.117. The lowest BCUT2D eigenvalue weighted by Gasteiger charge is -2.33. The summed E-state index contributed by atoms with van der Waals surface area (Å²) in [7, 11) is -3.64. The van der Waals surface area contributed by atoms with E-state index in [4.69, 9.17) is 0 Å². The van der Waals surface area contributed by atoms with E-state index in [1.165, 1.54) is 4.31 Å². The van der Waals surface area contributed by atoms with Crippen molar-refractivity contribution in [1.82, 2.24) is 9.21 Å². The van der Waals surface area contributed by atoms with E-state index in [1.807, 2.05) is 24.3 Å². The zero-order valence-electron chi connectivity index (χ0n) is 16.6. The van der Waals surface area contributed by atoms with Gasteiger partial charge in [0.2, 0.25) is 15.9 Å². The summed E-state index contributed by atoms with van der Waals surface area (Å²) in [5, 5.41) is 4.29. The van der Waals surface area contributed by atoms with Crippen molar-refractivity contribution in [3.8, 4) is 0 Å². The number of nitrogens with zero attached hydrogens (tertiary/aromatic N) is 2. The molecule has 1 aliphatic rings. The number of hydrogen-bond donors (Lipinski definition) is 1. The van der Waals surface area contributed by atoms with E-state index in [0.717, 1.165) is 29.0 Å². The molecule has 9 heteroatoms. The standard InChI is InChI=1S/C22H21F2N3O3S/c23-18-12-19(24)14-20(13-18)25-22(28)15-26-7-9-27(10-8-26)31(29,30)21-6-5-16-3-1-2-4-17(16)11-21/h1-6,11-14H,7-10,15H2,(H,25,28). The van der Waals surface area contributed by atoms with E-state index in [2.05, 4.69) is 5.32 Å². The maximum atomic E-state index is 13.3. The average molecular weight is 445 g/mol. The number of anilines is 1. The highest BCUT2D eigenvalue weighted by Crippen LogP contribution is 2.23. The van der Waals surface area contributed by atoms with Crippen molar-refractivity contribution in [2.75, 3.05) is 38.0 Å². The molecule has 0 saturated carbocycles. The molecule has 4 rings (SSSR count). The van der Waals surface area contributed by atoms with Crippen LogP contribution in [0.25, 0.3) is 10.8 Å². The van der Waals surface area contributed by atoms with Crippen molar-refractivity contribution in [2.45, 2.75) is 4.90 Å². The molecule has 1 heterocycles. The Labute approximate surface area is 179 Å². The van der Waals surface area contributed by atoms with Crippen LogP contribution in [0.3, 0.4) is 0 Å². The van der Waals surface area contributed by atoms with Crippen molar-refractivity contribution in [3.63, 3.8) is 0 Å². The molecule has 0 unspecified atom stereocenters. The zero-order chi connectivity index (χ0) is 22.0. The van der Waals surface area contributed by atoms with Gasteiger partial charge in [-0.15, -0.1) is 0 Å². The number of carbonyl (C=O) groups is 1. The molecule has 0 aliphatic carbocycles. The van der Waals surface area contributed by atoms with Crippen LogP contribution < -0.4 is 5.32 Å². The molecule has 3 aromatic rings. The summed E-state index contributed by atoms with van der Waals surface area (Å²) in [6.07, 6.45) is 0. The normalized spacial score (nSPS) is 15.8. The minimum Gasteiger partial charge on any atom is -0.325 e. The number of fused-ring (bicyclic) bond motifs is 1. The number of hydrogen-bond acceptors (Lipinski definition) is 4. The number of carbonyl (C=O) groups excluding carboxylic acids is 1. The number of rotatable bonds is 5. The number of sulfonamides is 1. The molecule has 1 aliphatic heterocycles. The number of piperazine rings is 1. The minimum absolute atomic E-state index is 0.00198. The lowest BCUT2D eigenvalue weighted by atomic mass is 10.1. The predicted molar refractivity (Wildman–Crippen MR) is 114 cm³/mol. The van der Waals surface area contributed by atoms with Crippen molar-refractivity contribution in [1.29, 1.82) is 0 Å². The Morgan fingerprint density at radius 2 is 1.52 bits per heavy atom. The first-order valence-corrected chi connectivity index (χ1v) is 11.2. The smallest absolute Gasteiger partial charge is 0.243 e. The fourth-order valence-electron chi connectivity index (χ4n) is 3.63. The Balaban J connectivity index is 1.36. The van der Waals surface area contributed by atoms with E-state index in [0.29, 0.717) is 13.1 Å². The van der Waals surface area contributed by atoms with E-state index in [1.54, 1.807) is 23.1 Å². The van der Waals surface area contributed by atoms with E-state index >= 15 is 0 Å². The van der Waals surface area contributed by atoms with Gasteiger partial charge < -0.3 is 5.32 Å². The Morgan fingerprint density at radius 3 is 2.19 bits per heavy atom. The molecule has 0 aromatic heterocycles. The largest absolute Gasteiger partial charge is 0.325 e. The van der Waals surface area contributed by atoms with Crippen molar-refractivity contribution >= 4 is 32.4 Å². The van der Waals surface area contributed by atoms with E-state index in [9.17, 15) is 22.0 Å². The summed E-state index contributed by atoms with van der Waals surface area (Å²) < 4.78 is 54.0. The van der Waals surface area contributed by atoms with Crippen LogP contribution >= 0.6 is 0 Å². The second-order valence-corrected chi connectivity index (χ2v) is 9.33. The minimum atomic E-state index is -3.64. The highest BCUT2D eigenvalue weighted by atomic mass is 32.2. The molecular weight excluding hydrogens is 424 g/mol. The van der Waals surface area contributed by atoms with Gasteiger partial charge in [-0.3, -0.25) is 9.69 Å². The van der Waals surface area contributed by atoms with Gasteiger partial charge in [-0.25, -0.2) is 17.2 Å². The van der Waals surface area contributed by atoms with Gasteiger partial charge in [-0.1, -0.05) is 30.3 Å². The SMILES string of the molecule is O=C(CN1CCN(S(=O)(=O)c2ccc3ccccc3c2)CC1)Nc1cc(F)cc(F)c1. The third-order valence-electron chi connectivity index (χ3n) is 5.20. The summed E-state index contributed by atoms with van der Waals surface area (Å²) in [6, 6.07) is 15.4. The first-order valence-electron chi connectivity index (χ1n) is 9.78. The first kappa shape index (κ1) is 21.4. The van der Waals surface area contributed by atoms with Crippen molar-refractivity contribution in [2.24, 2.45) is 0 Å². The van der Waals surface area contributed by atoms with Gasteiger partial charge in [0, 0.05) is 37.9 Å². The molecule has 1 fully saturated rings. The first-order chi connectivity index (χ1) is 14.8. The topological polar surface area (TPSA) is 69.7 Å². The molecular formula is C22H21F2N3O3S. The van der Waals surface area contributed by atoms with Crippen LogP contribution in [0.4, 0.5) is 14.5 Å². The Hall–Kier alpha value is -2.88. The summed E-state index contributed by atoms with van der Waals surface area (Å²) in [5.74, 6) is -1.97. The van der Waals surface area contributed by atoms with Gasteiger partial charge in [0.05, 0.1) is 11.4 Å². The Morgan fingerprint density at radius 1 is 0.871 bits per heavy atom. The molecule has 162 valence electrons. The third-order valence-corrected chi connectivity index (χ3v) is 7.10. The highest BCUT2D eigenvalue weighted by molar-refractivity contribution is 7.89. The maximum Gasteiger partial charge on any atom is 0.243 e. The van der Waals surface area contributed by atoms with Gasteiger partial charge in [-0.05, 0) is 35.0 Å². The van der Waals surface area contributed by atoms with Gasteiger partial charge in [-0.2, -0.15) is 4.31 Å². The van der Waals surface area contributed by atoms with Crippen molar-refractivity contribution in [3.05, 3.63) is 72.3 Å². The third kappa shape index (κ3) is 4.90. The average Bonchev–Trinajstić information content (AvgIpc) is 2.73. The van der Waals surface area contributed by atoms with Crippen LogP contribution in [-0.4, -0.2) is 56.3 Å². The number of amides is 1. The fraction of sp³-hybridized carbons (Fsp3) is 0.227. The molecule has 0 spiro atoms. The highest BCUT2D eigenvalue weighted by Gasteiger charge is 2.29. The summed E-state index contributed by atoms with van der Waals surface area (Å²) in [6.45, 7) is 1.24. The number of halogens is 2. The van der Waals surface area contributed by atoms with Crippen LogP contribution in [-0.2, 0) is 14.8 Å². The molecule has 1 saturated heterocycles. The van der Waals surface area contributed by atoms with E-state index < -0.39 is 27.6 Å². The van der Waals surface area contributed by atoms with Crippen molar-refractivity contribution < 1.29 is 22.0 Å². The number of benzene rings is 3. The molecule has 1 amide bonds. The molecule has 31 heavy (non-hydrogen) atoms. The molecule has 3 aromatic carbocycles. The monoisotopic (exact) mass is 445 g/mol. The van der Waals surface area contributed by atoms with Crippen LogP contribution in [0.15, 0.2) is 65.6 Å². The quantitative estimate of drug-likeness (QED) is 0.656. The van der Waals surface area contributed by atoms with Gasteiger partial charge in [0.1, 0.15) is 11.6 Å². The lowest BCUT2D eigenvalue weighted by Crippen LogP contribution is -2.50. The summed E-state index contributed by atoms with van der Waals surface area (Å²) in [4.78, 5) is 14.2. The van der Waals surface area contributed by atoms with Crippen LogP contribution in [0.5, 0.6) is 0 Å². The second kappa shape index (κ2) is 8.70. The van der Waals surface area contributed by atoms with Crippen LogP contribution in [0.1, 0.15) is 0 Å². The molecule has 0 bridgehead atoms. The van der Waals surface area contributed by atoms with E-state index in [-0.39, 0.29) is 30.2 Å². The Kier molecular flexibility index (Phi) is 5.99. The molecule has 0 atom stereocenters. The Bertz CT molecular complexity index is 1210. The van der Waals surface area contributed by atoms with Gasteiger partial charge >= 0.3 is 0 Å². The zero-order valence-corrected chi connectivity index (χ0v) is 17.4. The summed E-state index contributed by atoms with van der Waals surface area (Å²) in [5.41, 5.74) is 0.0417.